The fourth-order valence-electron chi connectivity index (χ4n) is 3.77. The van der Waals surface area contributed by atoms with Crippen LogP contribution in [0.25, 0.3) is 0 Å². The van der Waals surface area contributed by atoms with Crippen LogP contribution in [0.2, 0.25) is 0 Å². The van der Waals surface area contributed by atoms with E-state index in [2.05, 4.69) is 16.7 Å². The van der Waals surface area contributed by atoms with Crippen LogP contribution in [0.5, 0.6) is 0 Å². The first-order valence-electron chi connectivity index (χ1n) is 7.97. The van der Waals surface area contributed by atoms with Gasteiger partial charge in [-0.2, -0.15) is 0 Å². The van der Waals surface area contributed by atoms with Crippen molar-refractivity contribution in [2.24, 2.45) is 5.92 Å². The van der Waals surface area contributed by atoms with Crippen molar-refractivity contribution in [3.8, 4) is 0 Å². The molecule has 3 heteroatoms. The Labute approximate surface area is 121 Å². The van der Waals surface area contributed by atoms with Gasteiger partial charge in [0.15, 0.2) is 0 Å². The first-order chi connectivity index (χ1) is 9.74. The van der Waals surface area contributed by atoms with Gasteiger partial charge in [0, 0.05) is 32.2 Å². The highest BCUT2D eigenvalue weighted by atomic mass is 19.1. The third kappa shape index (κ3) is 2.98. The van der Waals surface area contributed by atoms with Gasteiger partial charge in [-0.05, 0) is 30.9 Å². The molecule has 0 N–H and O–H groups in total. The smallest absolute Gasteiger partial charge is 0.146 e. The molecule has 0 aromatic heterocycles. The maximum atomic E-state index is 13.8. The summed E-state index contributed by atoms with van der Waals surface area (Å²) in [5, 5.41) is 0. The highest BCUT2D eigenvalue weighted by molar-refractivity contribution is 5.48. The molecule has 110 valence electrons. The van der Waals surface area contributed by atoms with Crippen molar-refractivity contribution in [1.29, 1.82) is 0 Å². The lowest BCUT2D eigenvalue weighted by atomic mass is 9.86. The Balaban J connectivity index is 1.58. The summed E-state index contributed by atoms with van der Waals surface area (Å²) in [7, 11) is 0. The second-order valence-corrected chi connectivity index (χ2v) is 6.40. The predicted octanol–water partition coefficient (Wildman–Crippen LogP) is 3.53. The molecule has 0 bridgehead atoms. The largest absolute Gasteiger partial charge is 0.367 e. The monoisotopic (exact) mass is 276 g/mol. The van der Waals surface area contributed by atoms with Gasteiger partial charge in [-0.25, -0.2) is 4.39 Å². The molecule has 0 unspecified atom stereocenters. The van der Waals surface area contributed by atoms with E-state index in [0.717, 1.165) is 43.8 Å². The summed E-state index contributed by atoms with van der Waals surface area (Å²) in [5.41, 5.74) is 0.768. The van der Waals surface area contributed by atoms with Crippen molar-refractivity contribution in [2.45, 2.75) is 38.6 Å². The molecule has 1 aromatic carbocycles. The summed E-state index contributed by atoms with van der Waals surface area (Å²) in [6.07, 6.45) is 5.47. The number of nitrogens with zero attached hydrogens (tertiary/aromatic N) is 2. The van der Waals surface area contributed by atoms with E-state index in [9.17, 15) is 4.39 Å². The molecule has 1 saturated carbocycles. The van der Waals surface area contributed by atoms with Crippen molar-refractivity contribution >= 4 is 5.69 Å². The third-order valence-corrected chi connectivity index (χ3v) is 4.93. The lowest BCUT2D eigenvalue weighted by Crippen LogP contribution is -2.51. The second-order valence-electron chi connectivity index (χ2n) is 6.40. The molecule has 0 radical (unpaired) electrons. The van der Waals surface area contributed by atoms with Crippen LogP contribution in [0.4, 0.5) is 10.1 Å². The van der Waals surface area contributed by atoms with E-state index in [1.807, 2.05) is 12.1 Å². The van der Waals surface area contributed by atoms with Crippen molar-refractivity contribution < 1.29 is 4.39 Å². The van der Waals surface area contributed by atoms with E-state index >= 15 is 0 Å². The first kappa shape index (κ1) is 13.9. The molecular formula is C17H25FN2. The van der Waals surface area contributed by atoms with Crippen LogP contribution < -0.4 is 4.90 Å². The Bertz CT molecular complexity index is 440. The number of para-hydroxylation sites is 1. The zero-order chi connectivity index (χ0) is 13.9. The van der Waals surface area contributed by atoms with Crippen molar-refractivity contribution in [2.75, 3.05) is 31.1 Å². The second kappa shape index (κ2) is 6.13. The molecular weight excluding hydrogens is 251 g/mol. The molecule has 2 atom stereocenters. The fourth-order valence-corrected chi connectivity index (χ4v) is 3.77. The van der Waals surface area contributed by atoms with Gasteiger partial charge in [0.25, 0.3) is 0 Å². The molecule has 0 spiro atoms. The van der Waals surface area contributed by atoms with Crippen LogP contribution in [-0.4, -0.2) is 37.1 Å². The highest BCUT2D eigenvalue weighted by Gasteiger charge is 2.28. The van der Waals surface area contributed by atoms with E-state index in [4.69, 9.17) is 0 Å². The number of rotatable bonds is 2. The quantitative estimate of drug-likeness (QED) is 0.815. The molecule has 3 rings (SSSR count). The summed E-state index contributed by atoms with van der Waals surface area (Å²) in [5.74, 6) is 0.783. The van der Waals surface area contributed by atoms with Gasteiger partial charge < -0.3 is 4.90 Å². The average molecular weight is 276 g/mol. The Morgan fingerprint density at radius 3 is 2.50 bits per heavy atom. The zero-order valence-electron chi connectivity index (χ0n) is 12.4. The summed E-state index contributed by atoms with van der Waals surface area (Å²) in [6.45, 7) is 6.43. The maximum absolute atomic E-state index is 13.8. The Morgan fingerprint density at radius 1 is 1.05 bits per heavy atom. The SMILES string of the molecule is C[C@H]1CCC[C@H](N2CCN(c3ccccc3F)CC2)C1. The van der Waals surface area contributed by atoms with Gasteiger partial charge in [0.05, 0.1) is 5.69 Å². The molecule has 2 aliphatic rings. The van der Waals surface area contributed by atoms with Crippen molar-refractivity contribution in [3.05, 3.63) is 30.1 Å². The molecule has 20 heavy (non-hydrogen) atoms. The zero-order valence-corrected chi connectivity index (χ0v) is 12.4. The van der Waals surface area contributed by atoms with Crippen LogP contribution in [0.1, 0.15) is 32.6 Å². The topological polar surface area (TPSA) is 6.48 Å². The number of benzene rings is 1. The van der Waals surface area contributed by atoms with Crippen LogP contribution in [0.15, 0.2) is 24.3 Å². The van der Waals surface area contributed by atoms with E-state index in [1.165, 1.54) is 25.7 Å². The lowest BCUT2D eigenvalue weighted by molar-refractivity contribution is 0.127. The predicted molar refractivity (Wildman–Crippen MR) is 81.6 cm³/mol. The number of hydrogen-bond donors (Lipinski definition) is 0. The number of halogens is 1. The third-order valence-electron chi connectivity index (χ3n) is 4.93. The minimum Gasteiger partial charge on any atom is -0.367 e. The minimum atomic E-state index is -0.0905. The normalized spacial score (nSPS) is 28.6. The number of anilines is 1. The van der Waals surface area contributed by atoms with E-state index in [-0.39, 0.29) is 5.82 Å². The Kier molecular flexibility index (Phi) is 4.25. The molecule has 0 amide bonds. The van der Waals surface area contributed by atoms with Gasteiger partial charge in [-0.1, -0.05) is 31.9 Å². The van der Waals surface area contributed by atoms with Crippen LogP contribution in [-0.2, 0) is 0 Å². The average Bonchev–Trinajstić information content (AvgIpc) is 2.48. The summed E-state index contributed by atoms with van der Waals surface area (Å²) < 4.78 is 13.8. The van der Waals surface area contributed by atoms with Crippen LogP contribution in [0.3, 0.4) is 0 Å². The van der Waals surface area contributed by atoms with Gasteiger partial charge in [0.2, 0.25) is 0 Å². The first-order valence-corrected chi connectivity index (χ1v) is 7.97. The minimum absolute atomic E-state index is 0.0905. The van der Waals surface area contributed by atoms with Crippen molar-refractivity contribution in [1.82, 2.24) is 4.90 Å². The number of hydrogen-bond acceptors (Lipinski definition) is 2. The summed E-state index contributed by atoms with van der Waals surface area (Å²) in [4.78, 5) is 4.82. The Morgan fingerprint density at radius 2 is 1.80 bits per heavy atom. The maximum Gasteiger partial charge on any atom is 0.146 e. The van der Waals surface area contributed by atoms with E-state index in [0.29, 0.717) is 0 Å². The number of piperazine rings is 1. The molecule has 1 aliphatic heterocycles. The van der Waals surface area contributed by atoms with E-state index < -0.39 is 0 Å². The Hall–Kier alpha value is -1.09. The lowest BCUT2D eigenvalue weighted by Gasteiger charge is -2.42. The van der Waals surface area contributed by atoms with Crippen LogP contribution >= 0.6 is 0 Å². The van der Waals surface area contributed by atoms with E-state index in [1.54, 1.807) is 12.1 Å². The van der Waals surface area contributed by atoms with Gasteiger partial charge in [-0.15, -0.1) is 0 Å². The molecule has 2 nitrogen and oxygen atoms in total. The highest BCUT2D eigenvalue weighted by Crippen LogP contribution is 2.29. The summed E-state index contributed by atoms with van der Waals surface area (Å²) >= 11 is 0. The summed E-state index contributed by atoms with van der Waals surface area (Å²) in [6, 6.07) is 7.91. The molecule has 1 heterocycles. The van der Waals surface area contributed by atoms with Crippen LogP contribution in [0, 0.1) is 11.7 Å². The molecule has 1 saturated heterocycles. The molecule has 1 aliphatic carbocycles. The van der Waals surface area contributed by atoms with Crippen molar-refractivity contribution in [3.63, 3.8) is 0 Å². The van der Waals surface area contributed by atoms with Gasteiger partial charge >= 0.3 is 0 Å². The fraction of sp³-hybridized carbons (Fsp3) is 0.647. The molecule has 1 aromatic rings. The van der Waals surface area contributed by atoms with Gasteiger partial charge in [0.1, 0.15) is 5.82 Å². The standard InChI is InChI=1S/C17H25FN2/c1-14-5-4-6-15(13-14)19-9-11-20(12-10-19)17-8-3-2-7-16(17)18/h2-3,7-8,14-15H,4-6,9-13H2,1H3/t14-,15-/m0/s1. The van der Waals surface area contributed by atoms with Gasteiger partial charge in [-0.3, -0.25) is 4.90 Å². The molecule has 2 fully saturated rings.